The molecule has 0 saturated carbocycles. The van der Waals surface area contributed by atoms with Crippen molar-refractivity contribution in [1.29, 1.82) is 5.26 Å². The molecule has 248 valence electrons. The van der Waals surface area contributed by atoms with E-state index in [1.807, 2.05) is 109 Å². The van der Waals surface area contributed by atoms with Gasteiger partial charge >= 0.3 is 29.7 Å². The Morgan fingerprint density at radius 3 is 1.32 bits per heavy atom. The molecular weight excluding hydrogens is 689 g/mol. The SMILES string of the molecule is N#C[P+]1(Oc2ccccc2)N(Oc2ccccc2)P(Oc2ccccc2)N=P(Oc2ccccc2)(Oc2ccccc2)N1Oc1ccccc1. The summed E-state index contributed by atoms with van der Waals surface area (Å²) in [4.78, 5) is 13.3. The van der Waals surface area contributed by atoms with Crippen molar-refractivity contribution in [2.75, 3.05) is 0 Å². The summed E-state index contributed by atoms with van der Waals surface area (Å²) in [5.74, 6) is 4.98. The molecule has 1 aliphatic heterocycles. The van der Waals surface area contributed by atoms with Gasteiger partial charge in [0.25, 0.3) is 0 Å². The summed E-state index contributed by atoms with van der Waals surface area (Å²) in [6, 6.07) is 54.5. The Morgan fingerprint density at radius 2 is 0.880 bits per heavy atom. The molecule has 7 rings (SSSR count). The second-order valence-electron chi connectivity index (χ2n) is 10.4. The first-order valence-electron chi connectivity index (χ1n) is 15.4. The Hall–Kier alpha value is -5.38. The fourth-order valence-corrected chi connectivity index (χ4v) is 13.5. The van der Waals surface area contributed by atoms with E-state index in [4.69, 9.17) is 32.3 Å². The van der Waals surface area contributed by atoms with Crippen LogP contribution in [0.4, 0.5) is 0 Å². The van der Waals surface area contributed by atoms with Gasteiger partial charge in [-0.2, -0.15) is 0 Å². The van der Waals surface area contributed by atoms with E-state index >= 15 is 0 Å². The number of nitrogens with zero attached hydrogens (tertiary/aromatic N) is 4. The zero-order valence-corrected chi connectivity index (χ0v) is 29.1. The summed E-state index contributed by atoms with van der Waals surface area (Å²) < 4.78 is 35.2. The summed E-state index contributed by atoms with van der Waals surface area (Å²) >= 11 is 0. The Labute approximate surface area is 292 Å². The van der Waals surface area contributed by atoms with Crippen LogP contribution in [0.25, 0.3) is 0 Å². The topological polar surface area (TPSA) is 98.0 Å². The number of para-hydroxylation sites is 6. The van der Waals surface area contributed by atoms with Gasteiger partial charge in [0.05, 0.1) is 0 Å². The molecule has 2 atom stereocenters. The van der Waals surface area contributed by atoms with E-state index in [9.17, 15) is 5.26 Å². The summed E-state index contributed by atoms with van der Waals surface area (Å²) in [6.45, 7) is 0. The van der Waals surface area contributed by atoms with Crippen LogP contribution in [0, 0.1) is 11.1 Å². The normalized spacial score (nSPS) is 18.4. The van der Waals surface area contributed by atoms with Crippen molar-refractivity contribution in [3.63, 3.8) is 0 Å². The van der Waals surface area contributed by atoms with E-state index in [2.05, 4.69) is 5.81 Å². The fourth-order valence-electron chi connectivity index (χ4n) is 4.62. The van der Waals surface area contributed by atoms with Crippen molar-refractivity contribution < 1.29 is 27.8 Å². The van der Waals surface area contributed by atoms with Crippen LogP contribution < -0.4 is 27.8 Å². The van der Waals surface area contributed by atoms with Crippen LogP contribution in [0.15, 0.2) is 187 Å². The quantitative estimate of drug-likeness (QED) is 0.114. The first-order valence-corrected chi connectivity index (χ1v) is 19.7. The third-order valence-corrected chi connectivity index (χ3v) is 14.9. The molecule has 13 heteroatoms. The zero-order valence-electron chi connectivity index (χ0n) is 26.4. The van der Waals surface area contributed by atoms with Crippen molar-refractivity contribution in [3.8, 4) is 40.3 Å². The molecule has 10 nitrogen and oxygen atoms in total. The molecule has 6 aromatic rings. The lowest BCUT2D eigenvalue weighted by Crippen LogP contribution is -2.42. The van der Waals surface area contributed by atoms with Crippen LogP contribution >= 0.6 is 23.9 Å². The molecule has 0 aromatic heterocycles. The van der Waals surface area contributed by atoms with Gasteiger partial charge in [-0.25, -0.2) is 0 Å². The second kappa shape index (κ2) is 15.4. The molecule has 0 amide bonds. The van der Waals surface area contributed by atoms with Gasteiger partial charge in [-0.3, -0.25) is 4.52 Å². The molecule has 0 aliphatic carbocycles. The Morgan fingerprint density at radius 1 is 0.500 bits per heavy atom. The van der Waals surface area contributed by atoms with Crippen LogP contribution in [-0.2, 0) is 0 Å². The van der Waals surface area contributed by atoms with Gasteiger partial charge < -0.3 is 23.2 Å². The summed E-state index contributed by atoms with van der Waals surface area (Å²) in [5, 5.41) is 11.6. The molecule has 6 aromatic carbocycles. The zero-order chi connectivity index (χ0) is 34.1. The van der Waals surface area contributed by atoms with Crippen LogP contribution in [0.3, 0.4) is 0 Å². The van der Waals surface area contributed by atoms with Crippen LogP contribution in [0.1, 0.15) is 0 Å². The van der Waals surface area contributed by atoms with E-state index in [0.29, 0.717) is 34.5 Å². The van der Waals surface area contributed by atoms with E-state index in [-0.39, 0.29) is 0 Å². The molecule has 50 heavy (non-hydrogen) atoms. The standard InChI is InChI=1S/C37H30N4O6P3/c38-31-49(45-35-25-13-4-14-26-35)40(42-32-19-7-1-8-20-32)48(44-34-23-11-3-12-24-34)39-50(46-36-27-15-5-16-28-36,47-37-29-17-6-18-30-37)41(49)43-33-21-9-2-10-22-33/h1-30H/q+1. The predicted molar refractivity (Wildman–Crippen MR) is 195 cm³/mol. The molecule has 0 saturated heterocycles. The van der Waals surface area contributed by atoms with Gasteiger partial charge in [0.2, 0.25) is 0 Å². The Kier molecular flexibility index (Phi) is 10.2. The number of hydrogen-bond donors (Lipinski definition) is 0. The number of rotatable bonds is 12. The molecular formula is C37H30N4O6P3+. The number of nitriles is 1. The highest BCUT2D eigenvalue weighted by Crippen LogP contribution is 2.85. The van der Waals surface area contributed by atoms with Gasteiger partial charge in [0.15, 0.2) is 21.9 Å². The maximum absolute atomic E-state index is 11.6. The lowest BCUT2D eigenvalue weighted by atomic mass is 10.3. The highest BCUT2D eigenvalue weighted by molar-refractivity contribution is 7.88. The monoisotopic (exact) mass is 719 g/mol. The van der Waals surface area contributed by atoms with E-state index < -0.39 is 23.9 Å². The highest BCUT2D eigenvalue weighted by Gasteiger charge is 2.77. The number of benzene rings is 6. The first kappa shape index (κ1) is 33.1. The van der Waals surface area contributed by atoms with Crippen molar-refractivity contribution in [2.24, 2.45) is 4.52 Å². The molecule has 1 heterocycles. The average Bonchev–Trinajstić information content (AvgIpc) is 3.17. The minimum absolute atomic E-state index is 0.375. The second-order valence-corrected chi connectivity index (χ2v) is 16.7. The van der Waals surface area contributed by atoms with Crippen LogP contribution in [0.2, 0.25) is 0 Å². The minimum Gasteiger partial charge on any atom is -0.435 e. The number of hydrogen-bond acceptors (Lipinski definition) is 10. The molecule has 1 aliphatic rings. The molecule has 0 radical (unpaired) electrons. The lowest BCUT2D eigenvalue weighted by molar-refractivity contribution is 0.0485. The van der Waals surface area contributed by atoms with Crippen molar-refractivity contribution in [1.82, 2.24) is 9.21 Å². The molecule has 2 unspecified atom stereocenters. The van der Waals surface area contributed by atoms with Crippen LogP contribution in [-0.4, -0.2) is 9.21 Å². The van der Waals surface area contributed by atoms with E-state index in [1.54, 1.807) is 72.8 Å². The van der Waals surface area contributed by atoms with Gasteiger partial charge in [-0.1, -0.05) is 109 Å². The van der Waals surface area contributed by atoms with Crippen molar-refractivity contribution in [3.05, 3.63) is 182 Å². The minimum atomic E-state index is -4.10. The Balaban J connectivity index is 1.53. The maximum Gasteiger partial charge on any atom is 0.530 e. The molecule has 0 fully saturated rings. The van der Waals surface area contributed by atoms with Gasteiger partial charge in [-0.05, 0) is 72.8 Å². The summed E-state index contributed by atoms with van der Waals surface area (Å²) in [6.07, 6.45) is 0. The molecule has 0 bridgehead atoms. The fraction of sp³-hybridized carbons (Fsp3) is 0. The smallest absolute Gasteiger partial charge is 0.435 e. The summed E-state index contributed by atoms with van der Waals surface area (Å²) in [5.41, 5.74) is 0. The predicted octanol–water partition coefficient (Wildman–Crippen LogP) is 11.3. The third kappa shape index (κ3) is 7.44. The van der Waals surface area contributed by atoms with Crippen molar-refractivity contribution >= 4 is 23.9 Å². The third-order valence-electron chi connectivity index (χ3n) is 6.85. The highest BCUT2D eigenvalue weighted by atomic mass is 31.3. The van der Waals surface area contributed by atoms with Gasteiger partial charge in [0.1, 0.15) is 21.9 Å². The Bertz CT molecular complexity index is 2020. The first-order chi connectivity index (χ1) is 24.7. The largest absolute Gasteiger partial charge is 0.530 e. The summed E-state index contributed by atoms with van der Waals surface area (Å²) in [7, 11) is -10.4. The maximum atomic E-state index is 11.6. The molecule has 0 N–H and O–H groups in total. The van der Waals surface area contributed by atoms with E-state index in [1.165, 1.54) is 9.21 Å². The van der Waals surface area contributed by atoms with Gasteiger partial charge in [-0.15, -0.1) is 9.78 Å². The van der Waals surface area contributed by atoms with Gasteiger partial charge in [0, 0.05) is 0 Å². The molecule has 0 spiro atoms. The average molecular weight is 720 g/mol. The van der Waals surface area contributed by atoms with Crippen LogP contribution in [0.5, 0.6) is 34.5 Å². The van der Waals surface area contributed by atoms with Crippen molar-refractivity contribution in [2.45, 2.75) is 0 Å². The lowest BCUT2D eigenvalue weighted by Gasteiger charge is -2.41. The van der Waals surface area contributed by atoms with E-state index in [0.717, 1.165) is 0 Å².